The molecule has 2 rings (SSSR count). The Morgan fingerprint density at radius 1 is 1.04 bits per heavy atom. The van der Waals surface area contributed by atoms with Gasteiger partial charge in [0.1, 0.15) is 11.5 Å². The smallest absolute Gasteiger partial charge is 0.416 e. The predicted molar refractivity (Wildman–Crippen MR) is 83.8 cm³/mol. The molecule has 0 amide bonds. The van der Waals surface area contributed by atoms with Crippen molar-refractivity contribution in [2.75, 3.05) is 6.61 Å². The second-order valence-electron chi connectivity index (χ2n) is 4.82. The molecule has 1 atom stereocenters. The quantitative estimate of drug-likeness (QED) is 0.847. The summed E-state index contributed by atoms with van der Waals surface area (Å²) in [7, 11) is 0. The number of nitrogens with two attached hydrogens (primary N) is 1. The highest BCUT2D eigenvalue weighted by Gasteiger charge is 2.30. The Morgan fingerprint density at radius 2 is 1.65 bits per heavy atom. The fourth-order valence-corrected chi connectivity index (χ4v) is 1.99. The fraction of sp³-hybridized carbons (Fsp3) is 0.250. The standard InChI is InChI=1S/C16H16F3NO2.ClH/c17-16(18,19)12-4-2-6-14(10-12)22-13-5-1-3-11(9-13)15(20)7-8-21;/h1-6,9-10,15,21H,7-8,20H2;1H. The minimum absolute atomic E-state index is 0. The monoisotopic (exact) mass is 347 g/mol. The number of ether oxygens (including phenoxy) is 1. The summed E-state index contributed by atoms with van der Waals surface area (Å²) in [4.78, 5) is 0. The molecule has 0 radical (unpaired) electrons. The van der Waals surface area contributed by atoms with Crippen LogP contribution in [0.5, 0.6) is 11.5 Å². The number of alkyl halides is 3. The molecule has 0 saturated heterocycles. The van der Waals surface area contributed by atoms with Crippen molar-refractivity contribution in [1.29, 1.82) is 0 Å². The van der Waals surface area contributed by atoms with Crippen molar-refractivity contribution in [1.82, 2.24) is 0 Å². The Labute approximate surface area is 138 Å². The van der Waals surface area contributed by atoms with Crippen LogP contribution in [0.2, 0.25) is 0 Å². The van der Waals surface area contributed by atoms with E-state index in [2.05, 4.69) is 0 Å². The Balaban J connectivity index is 0.00000264. The van der Waals surface area contributed by atoms with E-state index in [0.29, 0.717) is 12.2 Å². The molecule has 0 heterocycles. The zero-order valence-corrected chi connectivity index (χ0v) is 12.9. The van der Waals surface area contributed by atoms with Crippen LogP contribution in [0.3, 0.4) is 0 Å². The number of hydrogen-bond acceptors (Lipinski definition) is 3. The van der Waals surface area contributed by atoms with E-state index >= 15 is 0 Å². The van der Waals surface area contributed by atoms with Crippen molar-refractivity contribution in [3.05, 3.63) is 59.7 Å². The third kappa shape index (κ3) is 5.42. The maximum Gasteiger partial charge on any atom is 0.416 e. The van der Waals surface area contributed by atoms with E-state index in [9.17, 15) is 13.2 Å². The van der Waals surface area contributed by atoms with Crippen LogP contribution < -0.4 is 10.5 Å². The molecule has 3 nitrogen and oxygen atoms in total. The topological polar surface area (TPSA) is 55.5 Å². The van der Waals surface area contributed by atoms with Crippen LogP contribution in [0.25, 0.3) is 0 Å². The van der Waals surface area contributed by atoms with Gasteiger partial charge in [-0.05, 0) is 42.3 Å². The highest BCUT2D eigenvalue weighted by atomic mass is 35.5. The van der Waals surface area contributed by atoms with Crippen LogP contribution in [0.1, 0.15) is 23.6 Å². The van der Waals surface area contributed by atoms with Gasteiger partial charge in [0.15, 0.2) is 0 Å². The van der Waals surface area contributed by atoms with Crippen LogP contribution in [-0.4, -0.2) is 11.7 Å². The summed E-state index contributed by atoms with van der Waals surface area (Å²) in [6.07, 6.45) is -4.02. The summed E-state index contributed by atoms with van der Waals surface area (Å²) >= 11 is 0. The zero-order valence-electron chi connectivity index (χ0n) is 12.1. The molecule has 2 aromatic rings. The second-order valence-corrected chi connectivity index (χ2v) is 4.82. The van der Waals surface area contributed by atoms with Crippen LogP contribution in [0.4, 0.5) is 13.2 Å². The molecule has 126 valence electrons. The van der Waals surface area contributed by atoms with Crippen molar-refractivity contribution in [3.8, 4) is 11.5 Å². The Kier molecular flexibility index (Phi) is 6.87. The average molecular weight is 348 g/mol. The molecule has 0 bridgehead atoms. The van der Waals surface area contributed by atoms with Gasteiger partial charge in [-0.1, -0.05) is 18.2 Å². The highest BCUT2D eigenvalue weighted by molar-refractivity contribution is 5.85. The van der Waals surface area contributed by atoms with Crippen molar-refractivity contribution in [3.63, 3.8) is 0 Å². The van der Waals surface area contributed by atoms with Gasteiger partial charge in [0.05, 0.1) is 5.56 Å². The molecule has 0 saturated carbocycles. The van der Waals surface area contributed by atoms with Gasteiger partial charge in [-0.2, -0.15) is 13.2 Å². The van der Waals surface area contributed by atoms with Crippen molar-refractivity contribution in [2.45, 2.75) is 18.6 Å². The number of aliphatic hydroxyl groups is 1. The van der Waals surface area contributed by atoms with E-state index in [0.717, 1.165) is 17.7 Å². The number of benzene rings is 2. The molecule has 0 fully saturated rings. The summed E-state index contributed by atoms with van der Waals surface area (Å²) in [6, 6.07) is 11.1. The van der Waals surface area contributed by atoms with E-state index in [-0.39, 0.29) is 30.8 Å². The lowest BCUT2D eigenvalue weighted by molar-refractivity contribution is -0.137. The lowest BCUT2D eigenvalue weighted by Gasteiger charge is -2.13. The van der Waals surface area contributed by atoms with E-state index in [1.807, 2.05) is 0 Å². The Morgan fingerprint density at radius 3 is 2.26 bits per heavy atom. The molecule has 7 heteroatoms. The Bertz CT molecular complexity index is 635. The van der Waals surface area contributed by atoms with Crippen LogP contribution in [0.15, 0.2) is 48.5 Å². The minimum Gasteiger partial charge on any atom is -0.457 e. The van der Waals surface area contributed by atoms with Crippen LogP contribution >= 0.6 is 12.4 Å². The van der Waals surface area contributed by atoms with Crippen molar-refractivity contribution >= 4 is 12.4 Å². The third-order valence-electron chi connectivity index (χ3n) is 3.12. The number of aliphatic hydroxyl groups excluding tert-OH is 1. The summed E-state index contributed by atoms with van der Waals surface area (Å²) < 4.78 is 43.5. The second kappa shape index (κ2) is 8.19. The molecule has 0 aromatic heterocycles. The first-order valence-electron chi connectivity index (χ1n) is 6.71. The largest absolute Gasteiger partial charge is 0.457 e. The first-order chi connectivity index (χ1) is 10.4. The maximum atomic E-state index is 12.7. The normalized spacial score (nSPS) is 12.4. The number of halogens is 4. The minimum atomic E-state index is -4.41. The molecule has 3 N–H and O–H groups in total. The first kappa shape index (κ1) is 19.3. The summed E-state index contributed by atoms with van der Waals surface area (Å²) in [5, 5.41) is 8.89. The molecule has 1 unspecified atom stereocenters. The van der Waals surface area contributed by atoms with E-state index in [1.165, 1.54) is 12.1 Å². The van der Waals surface area contributed by atoms with Gasteiger partial charge >= 0.3 is 6.18 Å². The Hall–Kier alpha value is -1.76. The van der Waals surface area contributed by atoms with E-state index in [1.54, 1.807) is 24.3 Å². The van der Waals surface area contributed by atoms with E-state index in [4.69, 9.17) is 15.6 Å². The summed E-state index contributed by atoms with van der Waals surface area (Å²) in [5.74, 6) is 0.493. The molecular formula is C16H17ClF3NO2. The SMILES string of the molecule is Cl.NC(CCO)c1cccc(Oc2cccc(C(F)(F)F)c2)c1. The van der Waals surface area contributed by atoms with Crippen LogP contribution in [-0.2, 0) is 6.18 Å². The fourth-order valence-electron chi connectivity index (χ4n) is 1.99. The molecular weight excluding hydrogens is 331 g/mol. The van der Waals surface area contributed by atoms with Gasteiger partial charge in [-0.15, -0.1) is 12.4 Å². The average Bonchev–Trinajstić information content (AvgIpc) is 2.47. The molecule has 0 spiro atoms. The maximum absolute atomic E-state index is 12.7. The van der Waals surface area contributed by atoms with Gasteiger partial charge in [0.2, 0.25) is 0 Å². The predicted octanol–water partition coefficient (Wildman–Crippen LogP) is 4.30. The molecule has 0 aliphatic rings. The van der Waals surface area contributed by atoms with E-state index < -0.39 is 11.7 Å². The summed E-state index contributed by atoms with van der Waals surface area (Å²) in [6.45, 7) is -0.0418. The molecule has 0 aliphatic heterocycles. The number of hydrogen-bond donors (Lipinski definition) is 2. The lowest BCUT2D eigenvalue weighted by atomic mass is 10.1. The van der Waals surface area contributed by atoms with Gasteiger partial charge in [0, 0.05) is 12.6 Å². The lowest BCUT2D eigenvalue weighted by Crippen LogP contribution is -2.11. The highest BCUT2D eigenvalue weighted by Crippen LogP contribution is 2.33. The van der Waals surface area contributed by atoms with Gasteiger partial charge in [-0.25, -0.2) is 0 Å². The van der Waals surface area contributed by atoms with Gasteiger partial charge in [-0.3, -0.25) is 0 Å². The molecule has 2 aromatic carbocycles. The van der Waals surface area contributed by atoms with Gasteiger partial charge < -0.3 is 15.6 Å². The summed E-state index contributed by atoms with van der Waals surface area (Å²) in [5.41, 5.74) is 5.87. The van der Waals surface area contributed by atoms with Crippen LogP contribution in [0, 0.1) is 0 Å². The zero-order chi connectivity index (χ0) is 16.2. The van der Waals surface area contributed by atoms with Crippen molar-refractivity contribution in [2.24, 2.45) is 5.73 Å². The molecule has 23 heavy (non-hydrogen) atoms. The van der Waals surface area contributed by atoms with Crippen molar-refractivity contribution < 1.29 is 23.0 Å². The van der Waals surface area contributed by atoms with Gasteiger partial charge in [0.25, 0.3) is 0 Å². The molecule has 0 aliphatic carbocycles. The number of rotatable bonds is 5. The first-order valence-corrected chi connectivity index (χ1v) is 6.71. The third-order valence-corrected chi connectivity index (χ3v) is 3.12.